The number of carbonyl (C=O) groups is 2. The van der Waals surface area contributed by atoms with Crippen LogP contribution in [0.25, 0.3) is 22.1 Å². The molecule has 3 aromatic heterocycles. The summed E-state index contributed by atoms with van der Waals surface area (Å²) in [6.45, 7) is 10.8. The number of imidazole rings is 2. The van der Waals surface area contributed by atoms with Crippen LogP contribution in [0.1, 0.15) is 96.8 Å². The van der Waals surface area contributed by atoms with Crippen molar-refractivity contribution in [2.75, 3.05) is 85.5 Å². The maximum Gasteiger partial charge on any atom is 0.329 e. The Hall–Kier alpha value is -5.29. The van der Waals surface area contributed by atoms with Crippen molar-refractivity contribution in [1.29, 1.82) is 0 Å². The number of benzene rings is 2. The van der Waals surface area contributed by atoms with Gasteiger partial charge in [0.25, 0.3) is 0 Å². The van der Waals surface area contributed by atoms with Crippen LogP contribution in [-0.2, 0) is 32.2 Å². The third kappa shape index (κ3) is 11.2. The summed E-state index contributed by atoms with van der Waals surface area (Å²) in [5.74, 6) is 1.35. The topological polar surface area (TPSA) is 167 Å². The minimum atomic E-state index is 0. The van der Waals surface area contributed by atoms with E-state index in [0.717, 1.165) is 118 Å². The number of amides is 2. The van der Waals surface area contributed by atoms with Gasteiger partial charge in [-0.05, 0) is 126 Å². The van der Waals surface area contributed by atoms with Crippen LogP contribution < -0.4 is 22.4 Å². The van der Waals surface area contributed by atoms with Crippen molar-refractivity contribution < 1.29 is 19.1 Å². The molecule has 2 aromatic carbocycles. The maximum absolute atomic E-state index is 13.4. The number of ether oxygens (including phenoxy) is 2. The zero-order valence-electron chi connectivity index (χ0n) is 38.5. The lowest BCUT2D eigenvalue weighted by Crippen LogP contribution is -2.46. The highest BCUT2D eigenvalue weighted by molar-refractivity contribution is 5.80. The van der Waals surface area contributed by atoms with E-state index in [4.69, 9.17) is 15.2 Å². The molecule has 4 fully saturated rings. The number of nitrogens with two attached hydrogens (primary N) is 1. The SMILES string of the molecule is C.C.COCCn1c(=O)n(C2CCN(C(=O)C3CCN(C(C)c4ccnc(N)c4)CC3)CC2)c2ccccc21.COCCn1c(=O)n(C2CCN(C(=O)C3CCNCC3)CC2)c2ccccc21. The summed E-state index contributed by atoms with van der Waals surface area (Å²) >= 11 is 0. The van der Waals surface area contributed by atoms with Crippen molar-refractivity contribution in [2.45, 2.75) is 104 Å². The van der Waals surface area contributed by atoms with Gasteiger partial charge in [-0.15, -0.1) is 0 Å². The first-order valence-electron chi connectivity index (χ1n) is 23.8. The number of nitrogens with one attached hydrogen (secondary N) is 1. The molecule has 0 saturated carbocycles. The van der Waals surface area contributed by atoms with E-state index in [9.17, 15) is 19.2 Å². The Bertz CT molecular complexity index is 2500. The summed E-state index contributed by atoms with van der Waals surface area (Å²) in [4.78, 5) is 63.2. The fourth-order valence-electron chi connectivity index (χ4n) is 10.7. The quantitative estimate of drug-likeness (QED) is 0.153. The lowest BCUT2D eigenvalue weighted by Gasteiger charge is -2.39. The normalized spacial score (nSPS) is 18.6. The number of para-hydroxylation sites is 4. The number of aromatic nitrogens is 5. The molecule has 366 valence electrons. The maximum atomic E-state index is 13.4. The third-order valence-corrected chi connectivity index (χ3v) is 14.5. The number of nitrogen functional groups attached to an aromatic ring is 1. The molecule has 0 radical (unpaired) electrons. The second-order valence-corrected chi connectivity index (χ2v) is 18.2. The first kappa shape index (κ1) is 51.1. The monoisotopic (exact) mass is 925 g/mol. The van der Waals surface area contributed by atoms with E-state index in [0.29, 0.717) is 51.1 Å². The molecule has 2 amide bonds. The summed E-state index contributed by atoms with van der Waals surface area (Å²) in [7, 11) is 3.30. The zero-order valence-corrected chi connectivity index (χ0v) is 38.5. The fraction of sp³-hybridized carbons (Fsp3) is 0.588. The number of nitrogens with zero attached hydrogens (tertiary/aromatic N) is 8. The second kappa shape index (κ2) is 23.6. The molecule has 0 spiro atoms. The van der Waals surface area contributed by atoms with Crippen LogP contribution in [0.5, 0.6) is 0 Å². The summed E-state index contributed by atoms with van der Waals surface area (Å²) in [6.07, 6.45) is 8.62. The van der Waals surface area contributed by atoms with Crippen molar-refractivity contribution in [3.8, 4) is 0 Å². The van der Waals surface area contributed by atoms with E-state index >= 15 is 0 Å². The van der Waals surface area contributed by atoms with E-state index in [-0.39, 0.29) is 62.1 Å². The van der Waals surface area contributed by atoms with Crippen molar-refractivity contribution in [1.82, 2.24) is 43.3 Å². The van der Waals surface area contributed by atoms with Crippen LogP contribution in [0, 0.1) is 11.8 Å². The Morgan fingerprint density at radius 3 is 1.52 bits per heavy atom. The summed E-state index contributed by atoms with van der Waals surface area (Å²) in [5, 5.41) is 3.32. The number of carbonyl (C=O) groups excluding carboxylic acids is 2. The van der Waals surface area contributed by atoms with Crippen molar-refractivity contribution >= 4 is 39.7 Å². The minimum absolute atomic E-state index is 0. The van der Waals surface area contributed by atoms with Gasteiger partial charge in [0.15, 0.2) is 0 Å². The highest BCUT2D eigenvalue weighted by Crippen LogP contribution is 2.32. The van der Waals surface area contributed by atoms with E-state index in [1.807, 2.05) is 88.7 Å². The van der Waals surface area contributed by atoms with Crippen LogP contribution in [0.3, 0.4) is 0 Å². The molecule has 7 heterocycles. The molecule has 67 heavy (non-hydrogen) atoms. The van der Waals surface area contributed by atoms with Gasteiger partial charge in [-0.2, -0.15) is 0 Å². The highest BCUT2D eigenvalue weighted by atomic mass is 16.5. The van der Waals surface area contributed by atoms with Gasteiger partial charge in [0, 0.05) is 76.6 Å². The predicted molar refractivity (Wildman–Crippen MR) is 266 cm³/mol. The summed E-state index contributed by atoms with van der Waals surface area (Å²) in [6, 6.07) is 20.4. The van der Waals surface area contributed by atoms with Crippen LogP contribution in [0.2, 0.25) is 0 Å². The Labute approximate surface area is 396 Å². The number of rotatable bonds is 12. The minimum Gasteiger partial charge on any atom is -0.384 e. The average molecular weight is 925 g/mol. The summed E-state index contributed by atoms with van der Waals surface area (Å²) < 4.78 is 17.9. The van der Waals surface area contributed by atoms with Gasteiger partial charge in [-0.1, -0.05) is 39.1 Å². The first-order chi connectivity index (χ1) is 31.7. The number of fused-ring (bicyclic) bond motifs is 2. The van der Waals surface area contributed by atoms with Gasteiger partial charge in [-0.25, -0.2) is 14.6 Å². The number of pyridine rings is 1. The molecule has 16 heteroatoms. The lowest BCUT2D eigenvalue weighted by molar-refractivity contribution is -0.139. The number of piperidine rings is 4. The Morgan fingerprint density at radius 2 is 1.09 bits per heavy atom. The Balaban J connectivity index is 0.000000222. The van der Waals surface area contributed by atoms with E-state index in [1.54, 1.807) is 20.4 Å². The molecule has 3 N–H and O–H groups in total. The third-order valence-electron chi connectivity index (χ3n) is 14.5. The fourth-order valence-corrected chi connectivity index (χ4v) is 10.7. The highest BCUT2D eigenvalue weighted by Gasteiger charge is 2.34. The molecule has 4 aliphatic rings. The van der Waals surface area contributed by atoms with E-state index < -0.39 is 0 Å². The number of hydrogen-bond donors (Lipinski definition) is 2. The van der Waals surface area contributed by atoms with Gasteiger partial charge in [-0.3, -0.25) is 32.8 Å². The molecule has 4 aliphatic heterocycles. The Kier molecular flexibility index (Phi) is 18.0. The second-order valence-electron chi connectivity index (χ2n) is 18.2. The molecule has 4 saturated heterocycles. The van der Waals surface area contributed by atoms with Crippen LogP contribution in [-0.4, -0.2) is 130 Å². The molecule has 16 nitrogen and oxygen atoms in total. The lowest BCUT2D eigenvalue weighted by atomic mass is 9.92. The molecule has 0 bridgehead atoms. The Morgan fingerprint density at radius 1 is 0.657 bits per heavy atom. The van der Waals surface area contributed by atoms with Gasteiger partial charge in [0.05, 0.1) is 48.4 Å². The molecule has 1 unspecified atom stereocenters. The van der Waals surface area contributed by atoms with E-state index in [2.05, 4.69) is 22.1 Å². The molecule has 5 aromatic rings. The largest absolute Gasteiger partial charge is 0.384 e. The van der Waals surface area contributed by atoms with Crippen molar-refractivity contribution in [3.63, 3.8) is 0 Å². The van der Waals surface area contributed by atoms with Crippen LogP contribution >= 0.6 is 0 Å². The summed E-state index contributed by atoms with van der Waals surface area (Å²) in [5.41, 5.74) is 10.9. The van der Waals surface area contributed by atoms with Gasteiger partial charge in [0.1, 0.15) is 5.82 Å². The van der Waals surface area contributed by atoms with Crippen LogP contribution in [0.15, 0.2) is 76.4 Å². The van der Waals surface area contributed by atoms with Gasteiger partial charge < -0.3 is 30.3 Å². The predicted octanol–water partition coefficient (Wildman–Crippen LogP) is 5.95. The van der Waals surface area contributed by atoms with Crippen LogP contribution in [0.4, 0.5) is 5.82 Å². The average Bonchev–Trinajstić information content (AvgIpc) is 3.80. The number of anilines is 1. The van der Waals surface area contributed by atoms with Crippen molar-refractivity contribution in [2.24, 2.45) is 11.8 Å². The van der Waals surface area contributed by atoms with E-state index in [1.165, 1.54) is 0 Å². The zero-order chi connectivity index (χ0) is 45.5. The van der Waals surface area contributed by atoms with Gasteiger partial charge in [0.2, 0.25) is 11.8 Å². The van der Waals surface area contributed by atoms with Gasteiger partial charge >= 0.3 is 11.4 Å². The molecular formula is C51H76N10O6. The number of methoxy groups -OCH3 is 2. The smallest absolute Gasteiger partial charge is 0.329 e. The standard InChI is InChI=1S/C28H38N6O3.C21H30N4O3.2CH4/c1-20(22-7-12-30-26(29)19-22)31-13-8-21(9-14-31)27(35)32-15-10-23(11-16-32)34-25-6-4-3-5-24(25)33(28(34)36)17-18-37-2;1-28-15-14-24-18-4-2-3-5-19(18)25(21(24)27)17-8-12-23(13-9-17)20(26)16-6-10-22-11-7-16;;/h3-7,12,19-21,23H,8-11,13-18H2,1-2H3,(H2,29,30);2-5,16-17,22H,6-15H2,1H3;2*1H4. The number of hydrogen-bond acceptors (Lipinski definition) is 10. The molecule has 9 rings (SSSR count). The number of likely N-dealkylation sites (tertiary alicyclic amines) is 3. The molecule has 0 aliphatic carbocycles. The molecule has 1 atom stereocenters. The molecular weight excluding hydrogens is 849 g/mol. The van der Waals surface area contributed by atoms with Crippen molar-refractivity contribution in [3.05, 3.63) is 93.4 Å². The first-order valence-corrected chi connectivity index (χ1v) is 23.8.